The Kier molecular flexibility index (Phi) is 6.39. The molecule has 2 aromatic rings. The first-order chi connectivity index (χ1) is 15.2. The van der Waals surface area contributed by atoms with Crippen LogP contribution in [-0.2, 0) is 11.2 Å². The molecular formula is C24H29NO6. The Morgan fingerprint density at radius 1 is 0.968 bits per heavy atom. The van der Waals surface area contributed by atoms with Crippen LogP contribution in [-0.4, -0.2) is 51.9 Å². The molecule has 0 bridgehead atoms. The van der Waals surface area contributed by atoms with Gasteiger partial charge in [-0.2, -0.15) is 0 Å². The number of hydrogen-bond donors (Lipinski definition) is 0. The van der Waals surface area contributed by atoms with Crippen molar-refractivity contribution in [1.82, 2.24) is 4.90 Å². The Morgan fingerprint density at radius 2 is 1.74 bits per heavy atom. The second kappa shape index (κ2) is 9.37. The fourth-order valence-corrected chi connectivity index (χ4v) is 4.37. The van der Waals surface area contributed by atoms with Gasteiger partial charge in [-0.3, -0.25) is 4.79 Å². The Labute approximate surface area is 182 Å². The van der Waals surface area contributed by atoms with E-state index < -0.39 is 0 Å². The van der Waals surface area contributed by atoms with Crippen LogP contribution in [0.5, 0.6) is 28.7 Å². The van der Waals surface area contributed by atoms with E-state index in [0.717, 1.165) is 48.4 Å². The highest BCUT2D eigenvalue weighted by atomic mass is 16.5. The summed E-state index contributed by atoms with van der Waals surface area (Å²) in [5, 5.41) is 0. The van der Waals surface area contributed by atoms with Crippen molar-refractivity contribution in [1.29, 1.82) is 0 Å². The second-order valence-corrected chi connectivity index (χ2v) is 7.67. The van der Waals surface area contributed by atoms with Crippen molar-refractivity contribution in [3.8, 4) is 28.7 Å². The summed E-state index contributed by atoms with van der Waals surface area (Å²) in [4.78, 5) is 15.3. The molecule has 1 amide bonds. The van der Waals surface area contributed by atoms with Gasteiger partial charge in [-0.05, 0) is 36.6 Å². The molecule has 0 N–H and O–H groups in total. The third kappa shape index (κ3) is 4.22. The van der Waals surface area contributed by atoms with Gasteiger partial charge < -0.3 is 28.6 Å². The number of nitrogens with zero attached hydrogens (tertiary/aromatic N) is 1. The molecule has 0 unspecified atom stereocenters. The van der Waals surface area contributed by atoms with E-state index in [1.807, 2.05) is 29.2 Å². The predicted molar refractivity (Wildman–Crippen MR) is 116 cm³/mol. The maximum Gasteiger partial charge on any atom is 0.227 e. The molecule has 0 aliphatic carbocycles. The minimum absolute atomic E-state index is 0.0239. The van der Waals surface area contributed by atoms with Crippen molar-refractivity contribution < 1.29 is 28.5 Å². The minimum Gasteiger partial charge on any atom is -0.493 e. The van der Waals surface area contributed by atoms with Crippen molar-refractivity contribution in [2.75, 3.05) is 41.1 Å². The fourth-order valence-electron chi connectivity index (χ4n) is 4.37. The van der Waals surface area contributed by atoms with Crippen molar-refractivity contribution in [3.05, 3.63) is 41.5 Å². The minimum atomic E-state index is 0.0239. The van der Waals surface area contributed by atoms with Gasteiger partial charge in [0.05, 0.1) is 47.0 Å². The molecule has 4 rings (SSSR count). The molecule has 2 aliphatic rings. The smallest absolute Gasteiger partial charge is 0.227 e. The standard InChI is InChI=1S/C24H29NO6/c1-27-20-10-8-17(23(28-2)24(20)29-3)15-22(26)25-11-4-6-18(25)16-7-9-19-21(14-16)31-13-5-12-30-19/h7-10,14,18H,4-6,11-13,15H2,1-3H3/t18-/m0/s1. The van der Waals surface area contributed by atoms with Gasteiger partial charge in [-0.1, -0.05) is 12.1 Å². The zero-order chi connectivity index (χ0) is 21.8. The molecule has 166 valence electrons. The highest BCUT2D eigenvalue weighted by Gasteiger charge is 2.31. The average Bonchev–Trinajstić information content (AvgIpc) is 3.17. The van der Waals surface area contributed by atoms with Gasteiger partial charge in [0.2, 0.25) is 11.7 Å². The summed E-state index contributed by atoms with van der Waals surface area (Å²) in [6.45, 7) is 2.03. The highest BCUT2D eigenvalue weighted by Crippen LogP contribution is 2.41. The fraction of sp³-hybridized carbons (Fsp3) is 0.458. The quantitative estimate of drug-likeness (QED) is 0.699. The van der Waals surface area contributed by atoms with E-state index in [-0.39, 0.29) is 18.4 Å². The molecular weight excluding hydrogens is 398 g/mol. The lowest BCUT2D eigenvalue weighted by atomic mass is 10.0. The van der Waals surface area contributed by atoms with Gasteiger partial charge in [0.25, 0.3) is 0 Å². The van der Waals surface area contributed by atoms with E-state index in [1.54, 1.807) is 27.4 Å². The summed E-state index contributed by atoms with van der Waals surface area (Å²) in [7, 11) is 4.71. The number of carbonyl (C=O) groups is 1. The van der Waals surface area contributed by atoms with Gasteiger partial charge >= 0.3 is 0 Å². The first kappa shape index (κ1) is 21.2. The van der Waals surface area contributed by atoms with Crippen molar-refractivity contribution in [2.24, 2.45) is 0 Å². The predicted octanol–water partition coefficient (Wildman–Crippen LogP) is 3.78. The van der Waals surface area contributed by atoms with Gasteiger partial charge in [0.15, 0.2) is 23.0 Å². The van der Waals surface area contributed by atoms with E-state index in [4.69, 9.17) is 23.7 Å². The molecule has 1 saturated heterocycles. The third-order valence-electron chi connectivity index (χ3n) is 5.86. The Morgan fingerprint density at radius 3 is 2.48 bits per heavy atom. The number of fused-ring (bicyclic) bond motifs is 1. The van der Waals surface area contributed by atoms with Crippen molar-refractivity contribution >= 4 is 5.91 Å². The van der Waals surface area contributed by atoms with Crippen LogP contribution in [0.1, 0.15) is 36.4 Å². The molecule has 1 fully saturated rings. The zero-order valence-corrected chi connectivity index (χ0v) is 18.3. The van der Waals surface area contributed by atoms with Crippen LogP contribution in [0.3, 0.4) is 0 Å². The van der Waals surface area contributed by atoms with Crippen molar-refractivity contribution in [3.63, 3.8) is 0 Å². The second-order valence-electron chi connectivity index (χ2n) is 7.67. The monoisotopic (exact) mass is 427 g/mol. The Balaban J connectivity index is 1.56. The number of carbonyl (C=O) groups excluding carboxylic acids is 1. The first-order valence-corrected chi connectivity index (χ1v) is 10.6. The van der Waals surface area contributed by atoms with Gasteiger partial charge in [0.1, 0.15) is 0 Å². The number of likely N-dealkylation sites (tertiary alicyclic amines) is 1. The molecule has 2 heterocycles. The molecule has 0 spiro atoms. The van der Waals surface area contributed by atoms with Crippen molar-refractivity contribution in [2.45, 2.75) is 31.7 Å². The molecule has 7 nitrogen and oxygen atoms in total. The Hall–Kier alpha value is -3.09. The lowest BCUT2D eigenvalue weighted by Crippen LogP contribution is -2.32. The summed E-state index contributed by atoms with van der Waals surface area (Å²) in [6.07, 6.45) is 2.98. The Bertz CT molecular complexity index is 944. The SMILES string of the molecule is COc1ccc(CC(=O)N2CCC[C@H]2c2ccc3c(c2)OCCCO3)c(OC)c1OC. The molecule has 31 heavy (non-hydrogen) atoms. The van der Waals surface area contributed by atoms with Crippen LogP contribution in [0, 0.1) is 0 Å². The normalized spacial score (nSPS) is 17.8. The average molecular weight is 427 g/mol. The maximum atomic E-state index is 13.3. The molecule has 0 radical (unpaired) electrons. The summed E-state index contributed by atoms with van der Waals surface area (Å²) in [5.74, 6) is 3.18. The number of methoxy groups -OCH3 is 3. The van der Waals surface area contributed by atoms with Crippen LogP contribution >= 0.6 is 0 Å². The van der Waals surface area contributed by atoms with E-state index in [0.29, 0.717) is 30.5 Å². The third-order valence-corrected chi connectivity index (χ3v) is 5.86. The van der Waals surface area contributed by atoms with Crippen LogP contribution in [0.4, 0.5) is 0 Å². The van der Waals surface area contributed by atoms with E-state index >= 15 is 0 Å². The highest BCUT2D eigenvalue weighted by molar-refractivity contribution is 5.81. The number of hydrogen-bond acceptors (Lipinski definition) is 6. The summed E-state index contributed by atoms with van der Waals surface area (Å²) in [5.41, 5.74) is 1.85. The van der Waals surface area contributed by atoms with E-state index in [2.05, 4.69) is 0 Å². The van der Waals surface area contributed by atoms with Crippen LogP contribution in [0.15, 0.2) is 30.3 Å². The summed E-state index contributed by atoms with van der Waals surface area (Å²) >= 11 is 0. The lowest BCUT2D eigenvalue weighted by Gasteiger charge is -2.26. The van der Waals surface area contributed by atoms with Crippen LogP contribution in [0.2, 0.25) is 0 Å². The van der Waals surface area contributed by atoms with Gasteiger partial charge in [-0.25, -0.2) is 0 Å². The number of rotatable bonds is 6. The molecule has 2 aromatic carbocycles. The van der Waals surface area contributed by atoms with Crippen LogP contribution < -0.4 is 23.7 Å². The van der Waals surface area contributed by atoms with Gasteiger partial charge in [0, 0.05) is 18.5 Å². The maximum absolute atomic E-state index is 13.3. The zero-order valence-electron chi connectivity index (χ0n) is 18.3. The number of ether oxygens (including phenoxy) is 5. The van der Waals surface area contributed by atoms with E-state index in [9.17, 15) is 4.79 Å². The first-order valence-electron chi connectivity index (χ1n) is 10.6. The largest absolute Gasteiger partial charge is 0.493 e. The summed E-state index contributed by atoms with van der Waals surface area (Å²) < 4.78 is 27.9. The molecule has 1 atom stereocenters. The van der Waals surface area contributed by atoms with E-state index in [1.165, 1.54) is 0 Å². The molecule has 7 heteroatoms. The molecule has 0 aromatic heterocycles. The number of benzene rings is 2. The number of amides is 1. The lowest BCUT2D eigenvalue weighted by molar-refractivity contribution is -0.131. The summed E-state index contributed by atoms with van der Waals surface area (Å²) in [6, 6.07) is 9.70. The molecule has 0 saturated carbocycles. The van der Waals surface area contributed by atoms with Crippen LogP contribution in [0.25, 0.3) is 0 Å². The topological polar surface area (TPSA) is 66.5 Å². The van der Waals surface area contributed by atoms with Gasteiger partial charge in [-0.15, -0.1) is 0 Å². The molecule has 2 aliphatic heterocycles.